The highest BCUT2D eigenvalue weighted by Gasteiger charge is 2.64. The van der Waals surface area contributed by atoms with Crippen LogP contribution < -0.4 is 0 Å². The van der Waals surface area contributed by atoms with Crippen LogP contribution in [0.3, 0.4) is 0 Å². The van der Waals surface area contributed by atoms with E-state index < -0.39 is 36.0 Å². The first kappa shape index (κ1) is 21.4. The van der Waals surface area contributed by atoms with Crippen LogP contribution in [0.1, 0.15) is 31.9 Å². The Kier molecular flexibility index (Phi) is 6.25. The molecule has 0 spiro atoms. The Balaban J connectivity index is 1.53. The average molecular weight is 414 g/mol. The maximum Gasteiger partial charge on any atom is 0.190 e. The first-order chi connectivity index (χ1) is 14.4. The van der Waals surface area contributed by atoms with Gasteiger partial charge in [-0.1, -0.05) is 60.7 Å². The SMILES string of the molecule is C[C@H](O)[C@]1(COCc2ccccc2)O[C@H]2OC(C)(C)OC2C1OCc1ccccc1. The molecule has 6 nitrogen and oxygen atoms in total. The summed E-state index contributed by atoms with van der Waals surface area (Å²) in [5.41, 5.74) is 0.978. The van der Waals surface area contributed by atoms with Crippen molar-refractivity contribution in [2.24, 2.45) is 0 Å². The zero-order chi connectivity index (χ0) is 21.2. The quantitative estimate of drug-likeness (QED) is 0.714. The minimum absolute atomic E-state index is 0.152. The van der Waals surface area contributed by atoms with Gasteiger partial charge in [-0.05, 0) is 31.9 Å². The van der Waals surface area contributed by atoms with Gasteiger partial charge in [0, 0.05) is 0 Å². The zero-order valence-electron chi connectivity index (χ0n) is 17.7. The van der Waals surface area contributed by atoms with E-state index in [2.05, 4.69) is 0 Å². The normalized spacial score (nSPS) is 30.9. The molecule has 0 aromatic heterocycles. The lowest BCUT2D eigenvalue weighted by Gasteiger charge is -2.38. The Bertz CT molecular complexity index is 809. The fourth-order valence-corrected chi connectivity index (χ4v) is 4.09. The molecular formula is C24H30O6. The summed E-state index contributed by atoms with van der Waals surface area (Å²) < 4.78 is 30.6. The van der Waals surface area contributed by atoms with E-state index in [4.69, 9.17) is 23.7 Å². The van der Waals surface area contributed by atoms with Gasteiger partial charge in [-0.25, -0.2) is 0 Å². The lowest BCUT2D eigenvalue weighted by molar-refractivity contribution is -0.273. The molecule has 1 N–H and O–H groups in total. The van der Waals surface area contributed by atoms with E-state index in [9.17, 15) is 5.11 Å². The fourth-order valence-electron chi connectivity index (χ4n) is 4.09. The second-order valence-corrected chi connectivity index (χ2v) is 8.41. The Hall–Kier alpha value is -1.80. The third-order valence-electron chi connectivity index (χ3n) is 5.62. The molecule has 4 rings (SSSR count). The second kappa shape index (κ2) is 8.75. The molecule has 0 bridgehead atoms. The fraction of sp³-hybridized carbons (Fsp3) is 0.500. The van der Waals surface area contributed by atoms with Gasteiger partial charge in [0.2, 0.25) is 0 Å². The number of benzene rings is 2. The number of fused-ring (bicyclic) bond motifs is 1. The summed E-state index contributed by atoms with van der Waals surface area (Å²) in [6.45, 7) is 6.32. The van der Waals surface area contributed by atoms with Crippen molar-refractivity contribution in [3.05, 3.63) is 71.8 Å². The van der Waals surface area contributed by atoms with Crippen molar-refractivity contribution in [2.45, 2.75) is 70.0 Å². The number of ether oxygens (including phenoxy) is 5. The van der Waals surface area contributed by atoms with Gasteiger partial charge in [0.25, 0.3) is 0 Å². The summed E-state index contributed by atoms with van der Waals surface area (Å²) in [5.74, 6) is -0.778. The molecule has 30 heavy (non-hydrogen) atoms. The topological polar surface area (TPSA) is 66.4 Å². The minimum Gasteiger partial charge on any atom is -0.390 e. The minimum atomic E-state index is -1.10. The van der Waals surface area contributed by atoms with E-state index in [-0.39, 0.29) is 6.61 Å². The molecule has 2 aromatic rings. The van der Waals surface area contributed by atoms with Gasteiger partial charge in [0.05, 0.1) is 25.9 Å². The standard InChI is InChI=1S/C24H30O6/c1-17(25)24(16-26-14-18-10-6-4-7-11-18)21(27-15-19-12-8-5-9-13-19)20-22(30-24)29-23(2,3)28-20/h4-13,17,20-22,25H,14-16H2,1-3H3/t17-,20?,21?,22+,24-/m0/s1. The molecule has 2 aliphatic heterocycles. The predicted molar refractivity (Wildman–Crippen MR) is 110 cm³/mol. The molecule has 2 fully saturated rings. The summed E-state index contributed by atoms with van der Waals surface area (Å²) in [6.07, 6.45) is -2.50. The van der Waals surface area contributed by atoms with Gasteiger partial charge in [-0.2, -0.15) is 0 Å². The first-order valence-electron chi connectivity index (χ1n) is 10.4. The Labute approximate surface area is 177 Å². The second-order valence-electron chi connectivity index (χ2n) is 8.41. The maximum atomic E-state index is 10.8. The van der Waals surface area contributed by atoms with Crippen LogP contribution in [0.15, 0.2) is 60.7 Å². The molecule has 6 heteroatoms. The van der Waals surface area contributed by atoms with Crippen LogP contribution in [0.4, 0.5) is 0 Å². The predicted octanol–water partition coefficient (Wildman–Crippen LogP) is 3.42. The van der Waals surface area contributed by atoms with E-state index in [0.717, 1.165) is 11.1 Å². The molecule has 2 heterocycles. The third kappa shape index (κ3) is 4.44. The molecule has 0 aliphatic carbocycles. The van der Waals surface area contributed by atoms with E-state index in [0.29, 0.717) is 13.2 Å². The third-order valence-corrected chi connectivity index (χ3v) is 5.62. The van der Waals surface area contributed by atoms with Crippen molar-refractivity contribution in [2.75, 3.05) is 6.61 Å². The largest absolute Gasteiger partial charge is 0.390 e. The highest BCUT2D eigenvalue weighted by Crippen LogP contribution is 2.45. The van der Waals surface area contributed by atoms with Gasteiger partial charge in [-0.3, -0.25) is 0 Å². The molecule has 5 atom stereocenters. The van der Waals surface area contributed by atoms with Crippen LogP contribution in [-0.2, 0) is 36.9 Å². The summed E-state index contributed by atoms with van der Waals surface area (Å²) in [4.78, 5) is 0. The number of aliphatic hydroxyl groups excluding tert-OH is 1. The maximum absolute atomic E-state index is 10.8. The molecule has 0 radical (unpaired) electrons. The van der Waals surface area contributed by atoms with Crippen LogP contribution in [-0.4, -0.2) is 47.7 Å². The first-order valence-corrected chi connectivity index (χ1v) is 10.4. The highest BCUT2D eigenvalue weighted by atomic mass is 16.8. The van der Waals surface area contributed by atoms with Crippen LogP contribution in [0.2, 0.25) is 0 Å². The number of aliphatic hydroxyl groups is 1. The number of hydrogen-bond acceptors (Lipinski definition) is 6. The molecule has 0 amide bonds. The van der Waals surface area contributed by atoms with Gasteiger partial charge in [0.15, 0.2) is 12.1 Å². The molecular weight excluding hydrogens is 384 g/mol. The van der Waals surface area contributed by atoms with Crippen molar-refractivity contribution in [1.82, 2.24) is 0 Å². The molecule has 0 saturated carbocycles. The summed E-state index contributed by atoms with van der Waals surface area (Å²) >= 11 is 0. The van der Waals surface area contributed by atoms with Crippen molar-refractivity contribution < 1.29 is 28.8 Å². The van der Waals surface area contributed by atoms with E-state index in [1.54, 1.807) is 6.92 Å². The molecule has 2 aliphatic rings. The Morgan fingerprint density at radius 3 is 2.10 bits per heavy atom. The van der Waals surface area contributed by atoms with Crippen LogP contribution in [0, 0.1) is 0 Å². The van der Waals surface area contributed by atoms with Crippen LogP contribution in [0.5, 0.6) is 0 Å². The van der Waals surface area contributed by atoms with Gasteiger partial charge >= 0.3 is 0 Å². The lowest BCUT2D eigenvalue weighted by Crippen LogP contribution is -2.56. The summed E-state index contributed by atoms with van der Waals surface area (Å²) in [5, 5.41) is 10.8. The van der Waals surface area contributed by atoms with Gasteiger partial charge in [-0.15, -0.1) is 0 Å². The monoisotopic (exact) mass is 414 g/mol. The number of rotatable bonds is 8. The van der Waals surface area contributed by atoms with Crippen molar-refractivity contribution in [3.63, 3.8) is 0 Å². The molecule has 162 valence electrons. The Morgan fingerprint density at radius 2 is 1.50 bits per heavy atom. The highest BCUT2D eigenvalue weighted by molar-refractivity contribution is 5.15. The van der Waals surface area contributed by atoms with Crippen molar-refractivity contribution >= 4 is 0 Å². The van der Waals surface area contributed by atoms with Crippen LogP contribution >= 0.6 is 0 Å². The summed E-state index contributed by atoms with van der Waals surface area (Å²) in [6, 6.07) is 19.8. The Morgan fingerprint density at radius 1 is 0.900 bits per heavy atom. The van der Waals surface area contributed by atoms with Crippen molar-refractivity contribution in [1.29, 1.82) is 0 Å². The average Bonchev–Trinajstić information content (AvgIpc) is 3.17. The molecule has 2 unspecified atom stereocenters. The molecule has 2 saturated heterocycles. The van der Waals surface area contributed by atoms with Crippen molar-refractivity contribution in [3.8, 4) is 0 Å². The van der Waals surface area contributed by atoms with E-state index in [1.165, 1.54) is 0 Å². The zero-order valence-corrected chi connectivity index (χ0v) is 17.7. The van der Waals surface area contributed by atoms with Gasteiger partial charge in [0.1, 0.15) is 17.8 Å². The van der Waals surface area contributed by atoms with Crippen LogP contribution in [0.25, 0.3) is 0 Å². The van der Waals surface area contributed by atoms with E-state index >= 15 is 0 Å². The van der Waals surface area contributed by atoms with Gasteiger partial charge < -0.3 is 28.8 Å². The molecule has 2 aromatic carbocycles. The van der Waals surface area contributed by atoms with E-state index in [1.807, 2.05) is 74.5 Å². The summed E-state index contributed by atoms with van der Waals surface area (Å²) in [7, 11) is 0. The smallest absolute Gasteiger partial charge is 0.190 e. The number of hydrogen-bond donors (Lipinski definition) is 1. The lowest BCUT2D eigenvalue weighted by atomic mass is 9.90.